The van der Waals surface area contributed by atoms with Gasteiger partial charge in [-0.25, -0.2) is 8.42 Å². The summed E-state index contributed by atoms with van der Waals surface area (Å²) in [6, 6.07) is 0.392. The van der Waals surface area contributed by atoms with Crippen molar-refractivity contribution in [3.63, 3.8) is 0 Å². The molecule has 0 spiro atoms. The minimum Gasteiger partial charge on any atom is -0.356 e. The number of nitrogens with zero attached hydrogens (tertiary/aromatic N) is 2. The van der Waals surface area contributed by atoms with E-state index in [4.69, 9.17) is 0 Å². The van der Waals surface area contributed by atoms with Crippen LogP contribution in [0.3, 0.4) is 0 Å². The molecule has 2 rings (SSSR count). The number of rotatable bonds is 4. The van der Waals surface area contributed by atoms with E-state index in [0.717, 1.165) is 12.8 Å². The van der Waals surface area contributed by atoms with Crippen LogP contribution in [0.4, 0.5) is 13.2 Å². The van der Waals surface area contributed by atoms with Crippen molar-refractivity contribution in [2.24, 2.45) is 16.8 Å². The Labute approximate surface area is 153 Å². The van der Waals surface area contributed by atoms with Crippen LogP contribution in [-0.2, 0) is 10.0 Å². The predicted molar refractivity (Wildman–Crippen MR) is 95.2 cm³/mol. The zero-order chi connectivity index (χ0) is 19.4. The van der Waals surface area contributed by atoms with Gasteiger partial charge in [0.1, 0.15) is 0 Å². The molecule has 0 aromatic carbocycles. The molecule has 1 aliphatic carbocycles. The Morgan fingerprint density at radius 1 is 1.19 bits per heavy atom. The summed E-state index contributed by atoms with van der Waals surface area (Å²) in [6.45, 7) is 2.62. The molecule has 0 bridgehead atoms. The van der Waals surface area contributed by atoms with Crippen LogP contribution >= 0.6 is 0 Å². The van der Waals surface area contributed by atoms with Gasteiger partial charge in [0.25, 0.3) is 0 Å². The van der Waals surface area contributed by atoms with E-state index in [0.29, 0.717) is 41.6 Å². The standard InChI is InChI=1S/C16H29F3N4O2S/c1-12-4-3-5-14(10-12)22-15(20-2)21-11-13-6-8-23(9-7-13)26(24,25)16(17,18)19/h12-14H,3-11H2,1-2H3,(H2,20,21,22). The lowest BCUT2D eigenvalue weighted by molar-refractivity contribution is -0.0496. The lowest BCUT2D eigenvalue weighted by Gasteiger charge is -2.32. The molecule has 0 aromatic rings. The van der Waals surface area contributed by atoms with Crippen LogP contribution in [0.5, 0.6) is 0 Å². The number of nitrogens with one attached hydrogen (secondary N) is 2. The summed E-state index contributed by atoms with van der Waals surface area (Å²) >= 11 is 0. The maximum Gasteiger partial charge on any atom is 0.511 e. The molecule has 1 aliphatic heterocycles. The Kier molecular flexibility index (Phi) is 7.18. The van der Waals surface area contributed by atoms with E-state index in [1.54, 1.807) is 7.05 Å². The fraction of sp³-hybridized carbons (Fsp3) is 0.938. The summed E-state index contributed by atoms with van der Waals surface area (Å²) in [5.41, 5.74) is -5.22. The second-order valence-electron chi connectivity index (χ2n) is 7.36. The molecule has 2 atom stereocenters. The number of sulfonamides is 1. The first-order valence-electron chi connectivity index (χ1n) is 9.17. The van der Waals surface area contributed by atoms with E-state index < -0.39 is 15.5 Å². The number of piperidine rings is 1. The molecular weight excluding hydrogens is 369 g/mol. The Bertz CT molecular complexity index is 587. The van der Waals surface area contributed by atoms with Gasteiger partial charge in [-0.15, -0.1) is 0 Å². The molecule has 2 fully saturated rings. The molecule has 1 saturated carbocycles. The van der Waals surface area contributed by atoms with Crippen molar-refractivity contribution < 1.29 is 21.6 Å². The van der Waals surface area contributed by atoms with Crippen LogP contribution in [0, 0.1) is 11.8 Å². The van der Waals surface area contributed by atoms with Crippen LogP contribution in [0.25, 0.3) is 0 Å². The summed E-state index contributed by atoms with van der Waals surface area (Å²) in [6.07, 6.45) is 5.47. The van der Waals surface area contributed by atoms with Crippen molar-refractivity contribution in [1.82, 2.24) is 14.9 Å². The number of hydrogen-bond acceptors (Lipinski definition) is 3. The molecule has 10 heteroatoms. The van der Waals surface area contributed by atoms with Crippen molar-refractivity contribution in [1.29, 1.82) is 0 Å². The maximum atomic E-state index is 12.6. The molecule has 0 amide bonds. The van der Waals surface area contributed by atoms with Crippen molar-refractivity contribution >= 4 is 16.0 Å². The van der Waals surface area contributed by atoms with Gasteiger partial charge in [0, 0.05) is 32.7 Å². The molecule has 1 heterocycles. The van der Waals surface area contributed by atoms with Crippen molar-refractivity contribution in [3.8, 4) is 0 Å². The molecule has 6 nitrogen and oxygen atoms in total. The Morgan fingerprint density at radius 3 is 2.38 bits per heavy atom. The van der Waals surface area contributed by atoms with Gasteiger partial charge in [0.15, 0.2) is 5.96 Å². The predicted octanol–water partition coefficient (Wildman–Crippen LogP) is 2.29. The largest absolute Gasteiger partial charge is 0.511 e. The third-order valence-electron chi connectivity index (χ3n) is 5.26. The number of alkyl halides is 3. The summed E-state index contributed by atoms with van der Waals surface area (Å²) in [5.74, 6) is 1.52. The molecular formula is C16H29F3N4O2S. The lowest BCUT2D eigenvalue weighted by Crippen LogP contribution is -2.49. The van der Waals surface area contributed by atoms with E-state index in [2.05, 4.69) is 22.5 Å². The number of guanidine groups is 1. The Hall–Kier alpha value is -1.03. The molecule has 2 N–H and O–H groups in total. The van der Waals surface area contributed by atoms with E-state index in [-0.39, 0.29) is 19.0 Å². The van der Waals surface area contributed by atoms with Crippen LogP contribution in [0.15, 0.2) is 4.99 Å². The third kappa shape index (κ3) is 5.48. The van der Waals surface area contributed by atoms with Gasteiger partial charge in [-0.2, -0.15) is 17.5 Å². The van der Waals surface area contributed by atoms with Gasteiger partial charge in [-0.05, 0) is 37.5 Å². The second-order valence-corrected chi connectivity index (χ2v) is 9.29. The Balaban J connectivity index is 1.77. The van der Waals surface area contributed by atoms with Crippen LogP contribution in [0.1, 0.15) is 45.4 Å². The fourth-order valence-corrected chi connectivity index (χ4v) is 4.68. The number of aliphatic imine (C=N–C) groups is 1. The van der Waals surface area contributed by atoms with Gasteiger partial charge < -0.3 is 10.6 Å². The van der Waals surface area contributed by atoms with Gasteiger partial charge in [-0.3, -0.25) is 4.99 Å². The smallest absolute Gasteiger partial charge is 0.356 e. The highest BCUT2D eigenvalue weighted by Gasteiger charge is 2.50. The monoisotopic (exact) mass is 398 g/mol. The minimum atomic E-state index is -5.22. The van der Waals surface area contributed by atoms with Crippen molar-refractivity contribution in [3.05, 3.63) is 0 Å². The van der Waals surface area contributed by atoms with Crippen LogP contribution in [-0.4, -0.2) is 56.9 Å². The normalized spacial score (nSPS) is 27.3. The highest BCUT2D eigenvalue weighted by atomic mass is 32.2. The summed E-state index contributed by atoms with van der Waals surface area (Å²) in [5, 5.41) is 6.65. The summed E-state index contributed by atoms with van der Waals surface area (Å²) < 4.78 is 61.2. The fourth-order valence-electron chi connectivity index (χ4n) is 3.69. The first kappa shape index (κ1) is 21.3. The third-order valence-corrected chi connectivity index (χ3v) is 6.89. The Morgan fingerprint density at radius 2 is 1.85 bits per heavy atom. The number of halogens is 3. The minimum absolute atomic E-state index is 0.0969. The molecule has 0 aromatic heterocycles. The van der Waals surface area contributed by atoms with Crippen molar-refractivity contribution in [2.75, 3.05) is 26.7 Å². The van der Waals surface area contributed by atoms with Crippen LogP contribution in [0.2, 0.25) is 0 Å². The average Bonchev–Trinajstić information content (AvgIpc) is 2.58. The first-order valence-corrected chi connectivity index (χ1v) is 10.6. The second kappa shape index (κ2) is 8.77. The highest BCUT2D eigenvalue weighted by molar-refractivity contribution is 7.90. The zero-order valence-electron chi connectivity index (χ0n) is 15.3. The van der Waals surface area contributed by atoms with Crippen molar-refractivity contribution in [2.45, 2.75) is 57.0 Å². The molecule has 1 saturated heterocycles. The molecule has 0 radical (unpaired) electrons. The quantitative estimate of drug-likeness (QED) is 0.563. The van der Waals surface area contributed by atoms with Gasteiger partial charge >= 0.3 is 15.5 Å². The number of hydrogen-bond donors (Lipinski definition) is 2. The average molecular weight is 398 g/mol. The summed E-state index contributed by atoms with van der Waals surface area (Å²) in [4.78, 5) is 4.22. The molecule has 2 unspecified atom stereocenters. The topological polar surface area (TPSA) is 73.8 Å². The van der Waals surface area contributed by atoms with E-state index in [9.17, 15) is 21.6 Å². The molecule has 26 heavy (non-hydrogen) atoms. The van der Waals surface area contributed by atoms with E-state index in [1.807, 2.05) is 0 Å². The molecule has 152 valence electrons. The maximum absolute atomic E-state index is 12.6. The van der Waals surface area contributed by atoms with Gasteiger partial charge in [-0.1, -0.05) is 19.8 Å². The van der Waals surface area contributed by atoms with Gasteiger partial charge in [0.05, 0.1) is 0 Å². The van der Waals surface area contributed by atoms with E-state index in [1.165, 1.54) is 12.8 Å². The van der Waals surface area contributed by atoms with E-state index >= 15 is 0 Å². The zero-order valence-corrected chi connectivity index (χ0v) is 16.2. The highest BCUT2D eigenvalue weighted by Crippen LogP contribution is 2.30. The SMILES string of the molecule is CN=C(NCC1CCN(S(=O)(=O)C(F)(F)F)CC1)NC1CCCC(C)C1. The summed E-state index contributed by atoms with van der Waals surface area (Å²) in [7, 11) is -3.51. The molecule has 2 aliphatic rings. The van der Waals surface area contributed by atoms with Crippen LogP contribution < -0.4 is 10.6 Å². The first-order chi connectivity index (χ1) is 12.1. The van der Waals surface area contributed by atoms with Gasteiger partial charge in [0.2, 0.25) is 0 Å². The lowest BCUT2D eigenvalue weighted by atomic mass is 9.87.